The Hall–Kier alpha value is -1.51. The zero-order chi connectivity index (χ0) is 15.4. The first-order chi connectivity index (χ1) is 10.0. The van der Waals surface area contributed by atoms with Crippen molar-refractivity contribution in [2.24, 2.45) is 11.8 Å². The molecular weight excluding hydrogens is 260 g/mol. The molecule has 3 heteroatoms. The maximum atomic E-state index is 12.5. The molecule has 116 valence electrons. The molecule has 1 aliphatic rings. The number of amides is 1. The summed E-state index contributed by atoms with van der Waals surface area (Å²) in [4.78, 5) is 12.5. The molecule has 3 nitrogen and oxygen atoms in total. The highest BCUT2D eigenvalue weighted by molar-refractivity contribution is 5.95. The summed E-state index contributed by atoms with van der Waals surface area (Å²) < 4.78 is 0. The topological polar surface area (TPSA) is 41.1 Å². The van der Waals surface area contributed by atoms with Crippen molar-refractivity contribution in [3.63, 3.8) is 0 Å². The summed E-state index contributed by atoms with van der Waals surface area (Å²) in [5.41, 5.74) is 2.94. The second-order valence-electron chi connectivity index (χ2n) is 6.55. The average Bonchev–Trinajstić information content (AvgIpc) is 2.47. The Labute approximate surface area is 128 Å². The molecule has 1 aromatic rings. The van der Waals surface area contributed by atoms with Gasteiger partial charge in [-0.2, -0.15) is 0 Å². The Morgan fingerprint density at radius 2 is 1.95 bits per heavy atom. The van der Waals surface area contributed by atoms with Crippen LogP contribution in [0.3, 0.4) is 0 Å². The van der Waals surface area contributed by atoms with E-state index >= 15 is 0 Å². The van der Waals surface area contributed by atoms with Crippen LogP contribution in [0.2, 0.25) is 0 Å². The second kappa shape index (κ2) is 6.97. The Balaban J connectivity index is 2.07. The third-order valence-electron chi connectivity index (χ3n) is 4.75. The molecule has 2 unspecified atom stereocenters. The van der Waals surface area contributed by atoms with Crippen molar-refractivity contribution in [2.45, 2.75) is 52.5 Å². The van der Waals surface area contributed by atoms with Crippen LogP contribution in [0, 0.1) is 18.8 Å². The van der Waals surface area contributed by atoms with E-state index in [2.05, 4.69) is 24.5 Å². The minimum atomic E-state index is 0.0679. The smallest absolute Gasteiger partial charge is 0.251 e. The van der Waals surface area contributed by atoms with Gasteiger partial charge in [0.05, 0.1) is 0 Å². The molecule has 0 radical (unpaired) electrons. The maximum absolute atomic E-state index is 12.5. The van der Waals surface area contributed by atoms with Gasteiger partial charge >= 0.3 is 0 Å². The van der Waals surface area contributed by atoms with Crippen molar-refractivity contribution in [1.29, 1.82) is 0 Å². The molecule has 1 fully saturated rings. The fourth-order valence-electron chi connectivity index (χ4n) is 3.47. The summed E-state index contributed by atoms with van der Waals surface area (Å²) in [6, 6.07) is 6.18. The van der Waals surface area contributed by atoms with Crippen LogP contribution in [0.5, 0.6) is 0 Å². The first-order valence-corrected chi connectivity index (χ1v) is 8.12. The maximum Gasteiger partial charge on any atom is 0.251 e. The van der Waals surface area contributed by atoms with Crippen molar-refractivity contribution in [2.75, 3.05) is 12.4 Å². The third-order valence-corrected chi connectivity index (χ3v) is 4.75. The van der Waals surface area contributed by atoms with E-state index in [0.29, 0.717) is 17.9 Å². The lowest BCUT2D eigenvalue weighted by molar-refractivity contribution is 0.0889. The molecule has 1 saturated carbocycles. The lowest BCUT2D eigenvalue weighted by Gasteiger charge is -2.35. The molecule has 1 amide bonds. The summed E-state index contributed by atoms with van der Waals surface area (Å²) in [6.07, 6.45) is 4.87. The van der Waals surface area contributed by atoms with Crippen molar-refractivity contribution in [1.82, 2.24) is 5.32 Å². The van der Waals surface area contributed by atoms with Crippen LogP contribution in [-0.2, 0) is 0 Å². The zero-order valence-electron chi connectivity index (χ0n) is 13.7. The monoisotopic (exact) mass is 288 g/mol. The molecule has 0 heterocycles. The van der Waals surface area contributed by atoms with Gasteiger partial charge in [-0.05, 0) is 55.4 Å². The van der Waals surface area contributed by atoms with E-state index in [-0.39, 0.29) is 5.91 Å². The quantitative estimate of drug-likeness (QED) is 0.880. The molecule has 0 aliphatic heterocycles. The number of benzene rings is 1. The van der Waals surface area contributed by atoms with E-state index in [9.17, 15) is 4.79 Å². The standard InChI is InChI=1S/C18H28N2O/c1-12(2)15-7-5-6-8-17(15)20-18(21)14-9-10-16(19-4)13(3)11-14/h9-12,15,17,19H,5-8H2,1-4H3,(H,20,21). The van der Waals surface area contributed by atoms with Crippen molar-refractivity contribution in [3.8, 4) is 0 Å². The van der Waals surface area contributed by atoms with Gasteiger partial charge in [0.1, 0.15) is 0 Å². The highest BCUT2D eigenvalue weighted by atomic mass is 16.1. The first kappa shape index (κ1) is 15.9. The Morgan fingerprint density at radius 1 is 1.24 bits per heavy atom. The van der Waals surface area contributed by atoms with E-state index in [4.69, 9.17) is 0 Å². The number of nitrogens with one attached hydrogen (secondary N) is 2. The lowest BCUT2D eigenvalue weighted by atomic mass is 9.78. The third kappa shape index (κ3) is 3.78. The van der Waals surface area contributed by atoms with Crippen LogP contribution < -0.4 is 10.6 Å². The van der Waals surface area contributed by atoms with Crippen LogP contribution in [0.15, 0.2) is 18.2 Å². The second-order valence-corrected chi connectivity index (χ2v) is 6.55. The molecule has 0 spiro atoms. The lowest BCUT2D eigenvalue weighted by Crippen LogP contribution is -2.43. The van der Waals surface area contributed by atoms with Crippen molar-refractivity contribution in [3.05, 3.63) is 29.3 Å². The van der Waals surface area contributed by atoms with Gasteiger partial charge in [0.15, 0.2) is 0 Å². The molecule has 0 aromatic heterocycles. The summed E-state index contributed by atoms with van der Waals surface area (Å²) in [5, 5.41) is 6.40. The molecule has 0 saturated heterocycles. The van der Waals surface area contributed by atoms with E-state index in [1.54, 1.807) is 0 Å². The van der Waals surface area contributed by atoms with Crippen molar-refractivity contribution >= 4 is 11.6 Å². The van der Waals surface area contributed by atoms with Crippen LogP contribution in [0.1, 0.15) is 55.5 Å². The number of aryl methyl sites for hydroxylation is 1. The van der Waals surface area contributed by atoms with E-state index in [0.717, 1.165) is 23.2 Å². The van der Waals surface area contributed by atoms with Crippen LogP contribution in [-0.4, -0.2) is 19.0 Å². The number of rotatable bonds is 4. The average molecular weight is 288 g/mol. The van der Waals surface area contributed by atoms with Crippen LogP contribution >= 0.6 is 0 Å². The Kier molecular flexibility index (Phi) is 5.27. The van der Waals surface area contributed by atoms with Crippen LogP contribution in [0.25, 0.3) is 0 Å². The predicted molar refractivity (Wildman–Crippen MR) is 88.8 cm³/mol. The molecule has 0 bridgehead atoms. The number of carbonyl (C=O) groups excluding carboxylic acids is 1. The molecule has 1 aliphatic carbocycles. The fourth-order valence-corrected chi connectivity index (χ4v) is 3.47. The van der Waals surface area contributed by atoms with Gasteiger partial charge < -0.3 is 10.6 Å². The van der Waals surface area contributed by atoms with E-state index in [1.165, 1.54) is 19.3 Å². The molecule has 1 aromatic carbocycles. The largest absolute Gasteiger partial charge is 0.388 e. The minimum absolute atomic E-state index is 0.0679. The fraction of sp³-hybridized carbons (Fsp3) is 0.611. The van der Waals surface area contributed by atoms with Gasteiger partial charge in [-0.1, -0.05) is 26.7 Å². The number of anilines is 1. The van der Waals surface area contributed by atoms with E-state index in [1.807, 2.05) is 32.2 Å². The number of carbonyl (C=O) groups is 1. The first-order valence-electron chi connectivity index (χ1n) is 8.12. The Bertz CT molecular complexity index is 496. The van der Waals surface area contributed by atoms with Gasteiger partial charge in [-0.15, -0.1) is 0 Å². The van der Waals surface area contributed by atoms with Gasteiger partial charge in [-0.3, -0.25) is 4.79 Å². The zero-order valence-corrected chi connectivity index (χ0v) is 13.7. The molecule has 2 rings (SSSR count). The minimum Gasteiger partial charge on any atom is -0.388 e. The molecule has 21 heavy (non-hydrogen) atoms. The summed E-state index contributed by atoms with van der Waals surface area (Å²) in [5.74, 6) is 1.31. The van der Waals surface area contributed by atoms with E-state index < -0.39 is 0 Å². The summed E-state index contributed by atoms with van der Waals surface area (Å²) in [6.45, 7) is 6.56. The highest BCUT2D eigenvalue weighted by Crippen LogP contribution is 2.30. The van der Waals surface area contributed by atoms with Gasteiger partial charge in [0.2, 0.25) is 0 Å². The molecular formula is C18H28N2O. The Morgan fingerprint density at radius 3 is 2.57 bits per heavy atom. The van der Waals surface area contributed by atoms with Gasteiger partial charge in [0, 0.05) is 24.3 Å². The van der Waals surface area contributed by atoms with Crippen molar-refractivity contribution < 1.29 is 4.79 Å². The SMILES string of the molecule is CNc1ccc(C(=O)NC2CCCCC2C(C)C)cc1C. The number of hydrogen-bond donors (Lipinski definition) is 2. The van der Waals surface area contributed by atoms with Crippen LogP contribution in [0.4, 0.5) is 5.69 Å². The highest BCUT2D eigenvalue weighted by Gasteiger charge is 2.28. The number of hydrogen-bond acceptors (Lipinski definition) is 2. The normalized spacial score (nSPS) is 22.1. The summed E-state index contributed by atoms with van der Waals surface area (Å²) >= 11 is 0. The molecule has 2 atom stereocenters. The molecule has 2 N–H and O–H groups in total. The predicted octanol–water partition coefficient (Wildman–Crippen LogP) is 3.98. The van der Waals surface area contributed by atoms with Gasteiger partial charge in [-0.25, -0.2) is 0 Å². The summed E-state index contributed by atoms with van der Waals surface area (Å²) in [7, 11) is 1.90. The van der Waals surface area contributed by atoms with Gasteiger partial charge in [0.25, 0.3) is 5.91 Å².